The maximum absolute atomic E-state index is 12.9. The van der Waals surface area contributed by atoms with Crippen LogP contribution in [0.5, 0.6) is 0 Å². The van der Waals surface area contributed by atoms with Crippen molar-refractivity contribution in [3.05, 3.63) is 62.5 Å². The Kier molecular flexibility index (Phi) is 7.89. The van der Waals surface area contributed by atoms with Gasteiger partial charge in [0.15, 0.2) is 0 Å². The minimum absolute atomic E-state index is 0.0114. The van der Waals surface area contributed by atoms with Crippen molar-refractivity contribution in [3.8, 4) is 0 Å². The first-order valence-corrected chi connectivity index (χ1v) is 9.74. The Morgan fingerprint density at radius 2 is 1.52 bits per heavy atom. The largest absolute Gasteiger partial charge is 0.463 e. The third-order valence-corrected chi connectivity index (χ3v) is 4.45. The van der Waals surface area contributed by atoms with E-state index in [1.807, 2.05) is 0 Å². The van der Waals surface area contributed by atoms with Gasteiger partial charge in [-0.05, 0) is 33.3 Å². The average molecular weight is 432 g/mol. The fourth-order valence-electron chi connectivity index (χ4n) is 3.25. The second kappa shape index (κ2) is 10.4. The molecule has 0 fully saturated rings. The van der Waals surface area contributed by atoms with Gasteiger partial charge in [-0.2, -0.15) is 0 Å². The van der Waals surface area contributed by atoms with E-state index in [1.165, 1.54) is 31.2 Å². The third-order valence-electron chi connectivity index (χ3n) is 4.45. The van der Waals surface area contributed by atoms with Gasteiger partial charge < -0.3 is 19.5 Å². The van der Waals surface area contributed by atoms with Crippen LogP contribution in [0.2, 0.25) is 0 Å². The molecule has 1 aromatic rings. The molecule has 0 amide bonds. The molecule has 1 aliphatic heterocycles. The summed E-state index contributed by atoms with van der Waals surface area (Å²) >= 11 is 0. The van der Waals surface area contributed by atoms with Crippen LogP contribution in [0.4, 0.5) is 5.69 Å². The van der Waals surface area contributed by atoms with E-state index in [9.17, 15) is 24.5 Å². The molecule has 0 radical (unpaired) electrons. The summed E-state index contributed by atoms with van der Waals surface area (Å²) in [6.45, 7) is 6.49. The number of ether oxygens (including phenoxy) is 3. The van der Waals surface area contributed by atoms with Crippen LogP contribution in [0.25, 0.3) is 0 Å². The zero-order chi connectivity index (χ0) is 23.1. The first kappa shape index (κ1) is 23.6. The summed E-state index contributed by atoms with van der Waals surface area (Å²) in [5, 5.41) is 14.1. The van der Waals surface area contributed by atoms with E-state index >= 15 is 0 Å². The van der Waals surface area contributed by atoms with Gasteiger partial charge in [0.25, 0.3) is 5.69 Å². The number of esters is 3. The van der Waals surface area contributed by atoms with E-state index in [0.717, 1.165) is 0 Å². The number of rotatable bonds is 8. The lowest BCUT2D eigenvalue weighted by Gasteiger charge is -2.30. The number of non-ortho nitro benzene ring substituents is 1. The van der Waals surface area contributed by atoms with Crippen LogP contribution >= 0.6 is 0 Å². The molecule has 0 aromatic heterocycles. The number of nitrogens with one attached hydrogen (secondary N) is 1. The Balaban J connectivity index is 2.82. The quantitative estimate of drug-likeness (QED) is 0.284. The van der Waals surface area contributed by atoms with Crippen LogP contribution in [0, 0.1) is 10.1 Å². The maximum atomic E-state index is 12.9. The summed E-state index contributed by atoms with van der Waals surface area (Å²) in [4.78, 5) is 49.0. The molecular formula is C21H24N2O8. The number of nitrogens with zero attached hydrogens (tertiary/aromatic N) is 1. The number of nitro benzene ring substituents is 1. The lowest BCUT2D eigenvalue weighted by Crippen LogP contribution is -2.36. The standard InChI is InChI=1S/C21H24N2O8/c1-5-29-19(24)15-12(4)22-18(21(26)31-7-3)17(20(25)30-6-2)16(15)13-9-8-10-14(11-13)23(27)28/h8-11,16,22H,5-7H2,1-4H3. The predicted octanol–water partition coefficient (Wildman–Crippen LogP) is 2.50. The highest BCUT2D eigenvalue weighted by Gasteiger charge is 2.41. The van der Waals surface area contributed by atoms with Crippen molar-refractivity contribution in [1.29, 1.82) is 0 Å². The molecule has 31 heavy (non-hydrogen) atoms. The van der Waals surface area contributed by atoms with Crippen molar-refractivity contribution >= 4 is 23.6 Å². The van der Waals surface area contributed by atoms with Gasteiger partial charge in [-0.3, -0.25) is 10.1 Å². The topological polar surface area (TPSA) is 134 Å². The normalized spacial score (nSPS) is 15.8. The van der Waals surface area contributed by atoms with Gasteiger partial charge in [-0.15, -0.1) is 0 Å². The van der Waals surface area contributed by atoms with Crippen molar-refractivity contribution in [2.75, 3.05) is 19.8 Å². The Morgan fingerprint density at radius 1 is 0.968 bits per heavy atom. The van der Waals surface area contributed by atoms with Gasteiger partial charge in [0.2, 0.25) is 0 Å². The first-order chi connectivity index (χ1) is 14.8. The zero-order valence-corrected chi connectivity index (χ0v) is 17.7. The molecular weight excluding hydrogens is 408 g/mol. The molecule has 1 N–H and O–H groups in total. The van der Waals surface area contributed by atoms with E-state index in [4.69, 9.17) is 14.2 Å². The molecule has 0 bridgehead atoms. The van der Waals surface area contributed by atoms with Crippen molar-refractivity contribution in [2.45, 2.75) is 33.6 Å². The number of nitro groups is 1. The van der Waals surface area contributed by atoms with Gasteiger partial charge in [0, 0.05) is 17.8 Å². The predicted molar refractivity (Wildman–Crippen MR) is 109 cm³/mol. The molecule has 1 aliphatic rings. The molecule has 0 aliphatic carbocycles. The van der Waals surface area contributed by atoms with E-state index in [2.05, 4.69) is 5.32 Å². The fraction of sp³-hybridized carbons (Fsp3) is 0.381. The second-order valence-electron chi connectivity index (χ2n) is 6.40. The summed E-state index contributed by atoms with van der Waals surface area (Å²) in [6, 6.07) is 5.48. The Morgan fingerprint density at radius 3 is 2.06 bits per heavy atom. The lowest BCUT2D eigenvalue weighted by atomic mass is 9.80. The average Bonchev–Trinajstić information content (AvgIpc) is 2.73. The van der Waals surface area contributed by atoms with Gasteiger partial charge in [-0.1, -0.05) is 12.1 Å². The Hall–Kier alpha value is -3.69. The highest BCUT2D eigenvalue weighted by atomic mass is 16.6. The number of hydrogen-bond donors (Lipinski definition) is 1. The van der Waals surface area contributed by atoms with E-state index in [-0.39, 0.29) is 53.6 Å². The van der Waals surface area contributed by atoms with Gasteiger partial charge in [0.1, 0.15) is 5.70 Å². The van der Waals surface area contributed by atoms with E-state index in [1.54, 1.807) is 20.8 Å². The van der Waals surface area contributed by atoms with Crippen molar-refractivity contribution in [2.24, 2.45) is 0 Å². The van der Waals surface area contributed by atoms with Crippen LogP contribution in [0.1, 0.15) is 39.2 Å². The highest BCUT2D eigenvalue weighted by molar-refractivity contribution is 6.06. The number of benzene rings is 1. The monoisotopic (exact) mass is 432 g/mol. The molecule has 1 atom stereocenters. The molecule has 0 saturated heterocycles. The van der Waals surface area contributed by atoms with Gasteiger partial charge in [0.05, 0.1) is 41.8 Å². The lowest BCUT2D eigenvalue weighted by molar-refractivity contribution is -0.384. The van der Waals surface area contributed by atoms with E-state index < -0.39 is 28.7 Å². The number of allylic oxidation sites excluding steroid dienone is 1. The number of carbonyl (C=O) groups is 3. The minimum Gasteiger partial charge on any atom is -0.463 e. The molecule has 10 nitrogen and oxygen atoms in total. The molecule has 1 heterocycles. The molecule has 0 saturated carbocycles. The van der Waals surface area contributed by atoms with Crippen LogP contribution in [0.3, 0.4) is 0 Å². The number of carbonyl (C=O) groups excluding carboxylic acids is 3. The Labute approximate surface area is 179 Å². The van der Waals surface area contributed by atoms with Crippen molar-refractivity contribution in [3.63, 3.8) is 0 Å². The number of dihydropyridines is 1. The minimum atomic E-state index is -1.14. The summed E-state index contributed by atoms with van der Waals surface area (Å²) in [7, 11) is 0. The van der Waals surface area contributed by atoms with Crippen LogP contribution in [-0.4, -0.2) is 42.7 Å². The van der Waals surface area contributed by atoms with E-state index in [0.29, 0.717) is 0 Å². The summed E-state index contributed by atoms with van der Waals surface area (Å²) < 4.78 is 15.4. The number of hydrogen-bond acceptors (Lipinski definition) is 9. The summed E-state index contributed by atoms with van der Waals surface area (Å²) in [6.07, 6.45) is 0. The molecule has 166 valence electrons. The van der Waals surface area contributed by atoms with Crippen LogP contribution < -0.4 is 5.32 Å². The summed E-state index contributed by atoms with van der Waals surface area (Å²) in [5.41, 5.74) is -0.0675. The molecule has 2 rings (SSSR count). The Bertz CT molecular complexity index is 964. The third kappa shape index (κ3) is 5.08. The van der Waals surface area contributed by atoms with Gasteiger partial charge >= 0.3 is 17.9 Å². The molecule has 0 spiro atoms. The maximum Gasteiger partial charge on any atom is 0.355 e. The molecule has 10 heteroatoms. The summed E-state index contributed by atoms with van der Waals surface area (Å²) in [5.74, 6) is -3.54. The molecule has 1 aromatic carbocycles. The fourth-order valence-corrected chi connectivity index (χ4v) is 3.25. The van der Waals surface area contributed by atoms with Crippen molar-refractivity contribution in [1.82, 2.24) is 5.32 Å². The SMILES string of the molecule is CCOC(=O)C1=C(C(=O)OCC)C(c2cccc([N+](=O)[O-])c2)C(C(=O)OCC)=C(C)N1. The smallest absolute Gasteiger partial charge is 0.355 e. The van der Waals surface area contributed by atoms with Gasteiger partial charge in [-0.25, -0.2) is 14.4 Å². The van der Waals surface area contributed by atoms with Crippen molar-refractivity contribution < 1.29 is 33.5 Å². The molecule has 1 unspecified atom stereocenters. The first-order valence-electron chi connectivity index (χ1n) is 9.74. The zero-order valence-electron chi connectivity index (χ0n) is 17.7. The van der Waals surface area contributed by atoms with Crippen LogP contribution in [-0.2, 0) is 28.6 Å². The highest BCUT2D eigenvalue weighted by Crippen LogP contribution is 2.40. The van der Waals surface area contributed by atoms with Crippen LogP contribution in [0.15, 0.2) is 46.8 Å². The second-order valence-corrected chi connectivity index (χ2v) is 6.40.